The van der Waals surface area contributed by atoms with E-state index in [2.05, 4.69) is 5.10 Å². The van der Waals surface area contributed by atoms with E-state index in [-0.39, 0.29) is 23.0 Å². The van der Waals surface area contributed by atoms with Crippen molar-refractivity contribution in [1.29, 1.82) is 0 Å². The quantitative estimate of drug-likeness (QED) is 0.466. The second kappa shape index (κ2) is 8.35. The van der Waals surface area contributed by atoms with Crippen LogP contribution >= 0.6 is 11.6 Å². The topological polar surface area (TPSA) is 78.3 Å². The number of hydrogen-bond acceptors (Lipinski definition) is 5. The molecule has 0 unspecified atom stereocenters. The van der Waals surface area contributed by atoms with Gasteiger partial charge >= 0.3 is 5.97 Å². The Morgan fingerprint density at radius 1 is 1.07 bits per heavy atom. The van der Waals surface area contributed by atoms with Crippen LogP contribution in [0.15, 0.2) is 53.3 Å². The molecule has 0 amide bonds. The number of Topliss-reactive ketones (excluding diaryl/α,β-unsaturated/α-hetero) is 1. The van der Waals surface area contributed by atoms with Crippen LogP contribution in [-0.4, -0.2) is 28.1 Å². The number of nitrogens with zero attached hydrogens (tertiary/aromatic N) is 2. The first-order valence-corrected chi connectivity index (χ1v) is 9.20. The maximum absolute atomic E-state index is 12.6. The Kier molecular flexibility index (Phi) is 5.90. The smallest absolute Gasteiger partial charge is 0.359 e. The van der Waals surface area contributed by atoms with Crippen molar-refractivity contribution in [2.24, 2.45) is 5.92 Å². The molecule has 0 aliphatic heterocycles. The summed E-state index contributed by atoms with van der Waals surface area (Å²) in [5.41, 5.74) is 0.137. The number of rotatable bonds is 6. The molecule has 7 heteroatoms. The zero-order chi connectivity index (χ0) is 20.3. The molecule has 0 bridgehead atoms. The highest BCUT2D eigenvalue weighted by atomic mass is 35.5. The van der Waals surface area contributed by atoms with E-state index in [1.165, 1.54) is 4.68 Å². The molecule has 0 aliphatic rings. The highest BCUT2D eigenvalue weighted by molar-refractivity contribution is 6.30. The van der Waals surface area contributed by atoms with Crippen molar-refractivity contribution >= 4 is 34.1 Å². The van der Waals surface area contributed by atoms with Crippen molar-refractivity contribution < 1.29 is 14.3 Å². The Morgan fingerprint density at radius 2 is 1.71 bits per heavy atom. The van der Waals surface area contributed by atoms with E-state index in [4.69, 9.17) is 16.3 Å². The average molecular weight is 399 g/mol. The van der Waals surface area contributed by atoms with Gasteiger partial charge in [-0.05, 0) is 36.2 Å². The lowest BCUT2D eigenvalue weighted by Crippen LogP contribution is -2.28. The van der Waals surface area contributed by atoms with Crippen LogP contribution in [0.5, 0.6) is 0 Å². The standard InChI is InChI=1S/C21H19ClN2O4/c1-13(2)11-24-20(26)17-6-4-3-5-16(17)19(23-24)21(27)28-12-18(25)14-7-9-15(22)10-8-14/h3-10,13H,11-12H2,1-2H3. The zero-order valence-electron chi connectivity index (χ0n) is 15.5. The maximum Gasteiger partial charge on any atom is 0.359 e. The fourth-order valence-electron chi connectivity index (χ4n) is 2.77. The van der Waals surface area contributed by atoms with Gasteiger partial charge in [0.05, 0.1) is 5.39 Å². The lowest BCUT2D eigenvalue weighted by atomic mass is 10.1. The summed E-state index contributed by atoms with van der Waals surface area (Å²) < 4.78 is 6.45. The number of ketones is 1. The second-order valence-corrected chi connectivity index (χ2v) is 7.22. The van der Waals surface area contributed by atoms with Crippen molar-refractivity contribution in [2.75, 3.05) is 6.61 Å². The number of esters is 1. The number of carbonyl (C=O) groups is 2. The molecule has 0 radical (unpaired) electrons. The Bertz CT molecular complexity index is 1090. The summed E-state index contributed by atoms with van der Waals surface area (Å²) in [5.74, 6) is -0.942. The molecule has 0 saturated heterocycles. The number of benzene rings is 2. The molecule has 1 aromatic heterocycles. The first-order valence-electron chi connectivity index (χ1n) is 8.82. The zero-order valence-corrected chi connectivity index (χ0v) is 16.3. The fraction of sp³-hybridized carbons (Fsp3) is 0.238. The largest absolute Gasteiger partial charge is 0.452 e. The first-order chi connectivity index (χ1) is 13.4. The molecule has 0 spiro atoms. The van der Waals surface area contributed by atoms with Crippen LogP contribution in [0.1, 0.15) is 34.7 Å². The van der Waals surface area contributed by atoms with Crippen LogP contribution in [0.3, 0.4) is 0 Å². The molecule has 1 heterocycles. The van der Waals surface area contributed by atoms with Crippen LogP contribution in [0.4, 0.5) is 0 Å². The first kappa shape index (κ1) is 19.8. The van der Waals surface area contributed by atoms with Gasteiger partial charge in [-0.15, -0.1) is 0 Å². The Morgan fingerprint density at radius 3 is 2.36 bits per heavy atom. The second-order valence-electron chi connectivity index (χ2n) is 6.78. The van der Waals surface area contributed by atoms with Crippen LogP contribution in [-0.2, 0) is 11.3 Å². The molecule has 3 rings (SSSR count). The molecule has 3 aromatic rings. The third-order valence-corrected chi connectivity index (χ3v) is 4.35. The maximum atomic E-state index is 12.6. The van der Waals surface area contributed by atoms with E-state index in [0.717, 1.165) is 0 Å². The van der Waals surface area contributed by atoms with Gasteiger partial charge in [-0.25, -0.2) is 9.48 Å². The highest BCUT2D eigenvalue weighted by Gasteiger charge is 2.19. The summed E-state index contributed by atoms with van der Waals surface area (Å²) in [6, 6.07) is 13.0. The van der Waals surface area contributed by atoms with E-state index in [9.17, 15) is 14.4 Å². The van der Waals surface area contributed by atoms with Crippen molar-refractivity contribution in [3.05, 3.63) is 75.2 Å². The third-order valence-electron chi connectivity index (χ3n) is 4.10. The Labute approximate surface area is 166 Å². The van der Waals surface area contributed by atoms with Gasteiger partial charge in [0.2, 0.25) is 0 Å². The Balaban J connectivity index is 1.88. The predicted octanol–water partition coefficient (Wildman–Crippen LogP) is 3.75. The number of ether oxygens (including phenoxy) is 1. The number of hydrogen-bond donors (Lipinski definition) is 0. The molecule has 6 nitrogen and oxygen atoms in total. The van der Waals surface area contributed by atoms with Crippen molar-refractivity contribution in [3.63, 3.8) is 0 Å². The van der Waals surface area contributed by atoms with E-state index in [1.807, 2.05) is 13.8 Å². The van der Waals surface area contributed by atoms with Crippen LogP contribution in [0.25, 0.3) is 10.8 Å². The van der Waals surface area contributed by atoms with E-state index >= 15 is 0 Å². The average Bonchev–Trinajstić information content (AvgIpc) is 2.68. The summed E-state index contributed by atoms with van der Waals surface area (Å²) >= 11 is 5.81. The molecule has 28 heavy (non-hydrogen) atoms. The van der Waals surface area contributed by atoms with Gasteiger partial charge in [-0.1, -0.05) is 43.6 Å². The van der Waals surface area contributed by atoms with Gasteiger partial charge in [0.25, 0.3) is 5.56 Å². The number of halogens is 1. The summed E-state index contributed by atoms with van der Waals surface area (Å²) in [6.07, 6.45) is 0. The third kappa shape index (κ3) is 4.28. The van der Waals surface area contributed by atoms with Gasteiger partial charge in [-0.2, -0.15) is 5.10 Å². The monoisotopic (exact) mass is 398 g/mol. The molecular formula is C21H19ClN2O4. The van der Waals surface area contributed by atoms with Crippen LogP contribution < -0.4 is 5.56 Å². The van der Waals surface area contributed by atoms with Crippen molar-refractivity contribution in [2.45, 2.75) is 20.4 Å². The van der Waals surface area contributed by atoms with Crippen molar-refractivity contribution in [3.8, 4) is 0 Å². The molecule has 144 valence electrons. The van der Waals surface area contributed by atoms with E-state index < -0.39 is 12.6 Å². The minimum Gasteiger partial charge on any atom is -0.452 e. The van der Waals surface area contributed by atoms with Crippen LogP contribution in [0.2, 0.25) is 5.02 Å². The molecule has 0 fully saturated rings. The fourth-order valence-corrected chi connectivity index (χ4v) is 2.90. The highest BCUT2D eigenvalue weighted by Crippen LogP contribution is 2.15. The predicted molar refractivity (Wildman–Crippen MR) is 107 cm³/mol. The summed E-state index contributed by atoms with van der Waals surface area (Å²) in [6.45, 7) is 3.84. The Hall–Kier alpha value is -2.99. The van der Waals surface area contributed by atoms with Crippen LogP contribution in [0, 0.1) is 5.92 Å². The SMILES string of the molecule is CC(C)Cn1nc(C(=O)OCC(=O)c2ccc(Cl)cc2)c2ccccc2c1=O. The minimum atomic E-state index is -0.754. The molecule has 0 N–H and O–H groups in total. The molecule has 0 atom stereocenters. The summed E-state index contributed by atoms with van der Waals surface area (Å²) in [4.78, 5) is 37.5. The normalized spacial score (nSPS) is 11.0. The van der Waals surface area contributed by atoms with Gasteiger partial charge in [-0.3, -0.25) is 9.59 Å². The minimum absolute atomic E-state index is 0.0137. The van der Waals surface area contributed by atoms with Gasteiger partial charge in [0, 0.05) is 22.5 Å². The molecule has 2 aromatic carbocycles. The van der Waals surface area contributed by atoms with Gasteiger partial charge < -0.3 is 4.74 Å². The lowest BCUT2D eigenvalue weighted by Gasteiger charge is -2.12. The lowest BCUT2D eigenvalue weighted by molar-refractivity contribution is 0.0468. The molecular weight excluding hydrogens is 380 g/mol. The van der Waals surface area contributed by atoms with E-state index in [0.29, 0.717) is 27.9 Å². The molecule has 0 aliphatic carbocycles. The van der Waals surface area contributed by atoms with Gasteiger partial charge in [0.15, 0.2) is 18.1 Å². The van der Waals surface area contributed by atoms with Crippen molar-refractivity contribution in [1.82, 2.24) is 9.78 Å². The van der Waals surface area contributed by atoms with E-state index in [1.54, 1.807) is 48.5 Å². The number of aromatic nitrogens is 2. The summed E-state index contributed by atoms with van der Waals surface area (Å²) in [5, 5.41) is 5.50. The molecule has 0 saturated carbocycles. The number of carbonyl (C=O) groups excluding carboxylic acids is 2. The number of fused-ring (bicyclic) bond motifs is 1. The van der Waals surface area contributed by atoms with Gasteiger partial charge in [0.1, 0.15) is 0 Å². The summed E-state index contributed by atoms with van der Waals surface area (Å²) in [7, 11) is 0.